The number of hydrogen-bond acceptors (Lipinski definition) is 3. The van der Waals surface area contributed by atoms with Gasteiger partial charge in [-0.1, -0.05) is 6.92 Å². The molecule has 1 aromatic carbocycles. The van der Waals surface area contributed by atoms with E-state index in [9.17, 15) is 4.79 Å². The van der Waals surface area contributed by atoms with Gasteiger partial charge in [0.2, 0.25) is 0 Å². The predicted octanol–water partition coefficient (Wildman–Crippen LogP) is 2.37. The molecule has 0 aromatic heterocycles. The largest absolute Gasteiger partial charge is 0.478 e. The van der Waals surface area contributed by atoms with Crippen molar-refractivity contribution in [2.24, 2.45) is 0 Å². The van der Waals surface area contributed by atoms with Gasteiger partial charge in [-0.3, -0.25) is 0 Å². The van der Waals surface area contributed by atoms with E-state index in [4.69, 9.17) is 10.4 Å². The number of carbonyl (C=O) groups is 1. The molecule has 0 unspecified atom stereocenters. The summed E-state index contributed by atoms with van der Waals surface area (Å²) in [4.78, 5) is 11.5. The van der Waals surface area contributed by atoms with E-state index in [-0.39, 0.29) is 5.56 Å². The Bertz CT molecular complexity index is 396. The fraction of sp³-hybridized carbons (Fsp3) is 0.200. The van der Waals surface area contributed by atoms with Crippen molar-refractivity contribution >= 4 is 17.7 Å². The topological polar surface area (TPSA) is 61.1 Å². The minimum absolute atomic E-state index is 0.260. The quantitative estimate of drug-likeness (QED) is 0.773. The van der Waals surface area contributed by atoms with Crippen molar-refractivity contribution in [1.29, 1.82) is 5.26 Å². The van der Waals surface area contributed by atoms with Crippen molar-refractivity contribution < 1.29 is 9.90 Å². The van der Waals surface area contributed by atoms with Gasteiger partial charge in [-0.25, -0.2) is 4.79 Å². The van der Waals surface area contributed by atoms with E-state index in [0.29, 0.717) is 10.5 Å². The van der Waals surface area contributed by atoms with Gasteiger partial charge in [0.15, 0.2) is 0 Å². The van der Waals surface area contributed by atoms with E-state index in [1.54, 1.807) is 6.07 Å². The summed E-state index contributed by atoms with van der Waals surface area (Å²) in [6.07, 6.45) is 0. The Balaban J connectivity index is 3.18. The standard InChI is InChI=1S/C10H9NO2S/c1-2-14-9-5-7(6-11)3-4-8(9)10(12)13/h3-5H,2H2,1H3,(H,12,13). The minimum Gasteiger partial charge on any atom is -0.478 e. The van der Waals surface area contributed by atoms with Crippen molar-refractivity contribution in [3.05, 3.63) is 29.3 Å². The molecule has 0 saturated heterocycles. The number of hydrogen-bond donors (Lipinski definition) is 1. The first-order valence-corrected chi connectivity index (χ1v) is 5.07. The zero-order chi connectivity index (χ0) is 10.6. The maximum atomic E-state index is 10.8. The lowest BCUT2D eigenvalue weighted by Gasteiger charge is -2.03. The van der Waals surface area contributed by atoms with Crippen molar-refractivity contribution in [2.75, 3.05) is 5.75 Å². The van der Waals surface area contributed by atoms with Crippen LogP contribution >= 0.6 is 11.8 Å². The molecule has 0 radical (unpaired) electrons. The van der Waals surface area contributed by atoms with Crippen LogP contribution in [0.25, 0.3) is 0 Å². The third kappa shape index (κ3) is 2.27. The molecular weight excluding hydrogens is 198 g/mol. The molecule has 1 rings (SSSR count). The fourth-order valence-corrected chi connectivity index (χ4v) is 1.88. The number of benzene rings is 1. The van der Waals surface area contributed by atoms with Crippen LogP contribution in [0.15, 0.2) is 23.1 Å². The Morgan fingerprint density at radius 2 is 2.36 bits per heavy atom. The summed E-state index contributed by atoms with van der Waals surface area (Å²) in [5, 5.41) is 17.5. The third-order valence-electron chi connectivity index (χ3n) is 1.64. The van der Waals surface area contributed by atoms with Crippen molar-refractivity contribution in [3.63, 3.8) is 0 Å². The monoisotopic (exact) mass is 207 g/mol. The molecule has 4 heteroatoms. The van der Waals surface area contributed by atoms with Gasteiger partial charge < -0.3 is 5.11 Å². The van der Waals surface area contributed by atoms with Gasteiger partial charge in [-0.15, -0.1) is 11.8 Å². The van der Waals surface area contributed by atoms with Crippen LogP contribution in [-0.4, -0.2) is 16.8 Å². The van der Waals surface area contributed by atoms with E-state index in [1.165, 1.54) is 23.9 Å². The highest BCUT2D eigenvalue weighted by molar-refractivity contribution is 7.99. The average molecular weight is 207 g/mol. The van der Waals surface area contributed by atoms with Crippen molar-refractivity contribution in [1.82, 2.24) is 0 Å². The summed E-state index contributed by atoms with van der Waals surface area (Å²) in [6.45, 7) is 1.94. The normalized spacial score (nSPS) is 9.43. The molecule has 14 heavy (non-hydrogen) atoms. The van der Waals surface area contributed by atoms with Crippen LogP contribution in [0.2, 0.25) is 0 Å². The van der Waals surface area contributed by atoms with E-state index >= 15 is 0 Å². The minimum atomic E-state index is -0.953. The molecule has 0 aliphatic rings. The van der Waals surface area contributed by atoms with E-state index < -0.39 is 5.97 Å². The van der Waals surface area contributed by atoms with E-state index in [2.05, 4.69) is 0 Å². The molecule has 0 saturated carbocycles. The van der Waals surface area contributed by atoms with Crippen molar-refractivity contribution in [3.8, 4) is 6.07 Å². The molecule has 0 amide bonds. The van der Waals surface area contributed by atoms with Crippen LogP contribution in [0.3, 0.4) is 0 Å². The molecule has 0 fully saturated rings. The molecule has 1 aromatic rings. The highest BCUT2D eigenvalue weighted by atomic mass is 32.2. The highest BCUT2D eigenvalue weighted by Crippen LogP contribution is 2.23. The molecular formula is C10H9NO2S. The van der Waals surface area contributed by atoms with Crippen LogP contribution in [0, 0.1) is 11.3 Å². The number of thioether (sulfide) groups is 1. The second-order valence-electron chi connectivity index (χ2n) is 2.56. The molecule has 0 atom stereocenters. The summed E-state index contributed by atoms with van der Waals surface area (Å²) in [6, 6.07) is 6.58. The zero-order valence-electron chi connectivity index (χ0n) is 7.65. The average Bonchev–Trinajstić information content (AvgIpc) is 2.17. The third-order valence-corrected chi connectivity index (χ3v) is 2.58. The molecule has 1 N–H and O–H groups in total. The summed E-state index contributed by atoms with van der Waals surface area (Å²) < 4.78 is 0. The summed E-state index contributed by atoms with van der Waals surface area (Å²) in [5.74, 6) is -0.166. The highest BCUT2D eigenvalue weighted by Gasteiger charge is 2.10. The summed E-state index contributed by atoms with van der Waals surface area (Å²) >= 11 is 1.43. The predicted molar refractivity (Wildman–Crippen MR) is 54.5 cm³/mol. The second kappa shape index (κ2) is 4.68. The molecule has 3 nitrogen and oxygen atoms in total. The maximum Gasteiger partial charge on any atom is 0.336 e. The second-order valence-corrected chi connectivity index (χ2v) is 3.87. The fourth-order valence-electron chi connectivity index (χ4n) is 1.04. The van der Waals surface area contributed by atoms with Crippen LogP contribution in [0.5, 0.6) is 0 Å². The Morgan fingerprint density at radius 1 is 1.64 bits per heavy atom. The Morgan fingerprint density at radius 3 is 2.86 bits per heavy atom. The molecule has 0 heterocycles. The zero-order valence-corrected chi connectivity index (χ0v) is 8.47. The number of rotatable bonds is 3. The Kier molecular flexibility index (Phi) is 3.55. The lowest BCUT2D eigenvalue weighted by molar-refractivity contribution is 0.0693. The number of carboxylic acids is 1. The Labute approximate surface area is 86.4 Å². The van der Waals surface area contributed by atoms with Crippen LogP contribution < -0.4 is 0 Å². The first-order chi connectivity index (χ1) is 6.69. The molecule has 72 valence electrons. The first kappa shape index (κ1) is 10.6. The molecule has 0 aliphatic heterocycles. The molecule has 0 bridgehead atoms. The first-order valence-electron chi connectivity index (χ1n) is 4.09. The molecule has 0 spiro atoms. The summed E-state index contributed by atoms with van der Waals surface area (Å²) in [7, 11) is 0. The van der Waals surface area contributed by atoms with Gasteiger partial charge in [0, 0.05) is 4.90 Å². The van der Waals surface area contributed by atoms with E-state index in [1.807, 2.05) is 13.0 Å². The van der Waals surface area contributed by atoms with Gasteiger partial charge in [0.1, 0.15) is 0 Å². The maximum absolute atomic E-state index is 10.8. The lowest BCUT2D eigenvalue weighted by atomic mass is 10.1. The molecule has 0 aliphatic carbocycles. The van der Waals surface area contributed by atoms with E-state index in [0.717, 1.165) is 5.75 Å². The number of carboxylic acid groups (broad SMARTS) is 1. The SMILES string of the molecule is CCSc1cc(C#N)ccc1C(=O)O. The van der Waals surface area contributed by atoms with Crippen LogP contribution in [-0.2, 0) is 0 Å². The van der Waals surface area contributed by atoms with Crippen LogP contribution in [0.1, 0.15) is 22.8 Å². The smallest absolute Gasteiger partial charge is 0.336 e. The lowest BCUT2D eigenvalue weighted by Crippen LogP contribution is -1.99. The van der Waals surface area contributed by atoms with Gasteiger partial charge in [0.25, 0.3) is 0 Å². The number of nitrogens with zero attached hydrogens (tertiary/aromatic N) is 1. The Hall–Kier alpha value is -1.47. The summed E-state index contributed by atoms with van der Waals surface area (Å²) in [5.41, 5.74) is 0.752. The van der Waals surface area contributed by atoms with Gasteiger partial charge in [-0.2, -0.15) is 5.26 Å². The van der Waals surface area contributed by atoms with Gasteiger partial charge in [-0.05, 0) is 24.0 Å². The van der Waals surface area contributed by atoms with Gasteiger partial charge in [0.05, 0.1) is 17.2 Å². The van der Waals surface area contributed by atoms with Crippen molar-refractivity contribution in [2.45, 2.75) is 11.8 Å². The van der Waals surface area contributed by atoms with Crippen LogP contribution in [0.4, 0.5) is 0 Å². The van der Waals surface area contributed by atoms with Gasteiger partial charge >= 0.3 is 5.97 Å². The number of aromatic carboxylic acids is 1. The number of nitriles is 1.